The highest BCUT2D eigenvalue weighted by Crippen LogP contribution is 2.17. The molecule has 0 spiro atoms. The summed E-state index contributed by atoms with van der Waals surface area (Å²) in [5.41, 5.74) is 0. The van der Waals surface area contributed by atoms with Gasteiger partial charge in [-0.1, -0.05) is 0 Å². The molecule has 88 valence electrons. The Morgan fingerprint density at radius 2 is 2.38 bits per heavy atom. The van der Waals surface area contributed by atoms with Gasteiger partial charge in [-0.25, -0.2) is 0 Å². The molecule has 1 aliphatic rings. The quantitative estimate of drug-likeness (QED) is 0.767. The molecule has 1 aromatic heterocycles. The fourth-order valence-electron chi connectivity index (χ4n) is 1.58. The number of hydrogen-bond acceptors (Lipinski definition) is 3. The number of carbonyl (C=O) groups is 1. The molecule has 0 saturated carbocycles. The van der Waals surface area contributed by atoms with Gasteiger partial charge in [-0.3, -0.25) is 4.79 Å². The first-order chi connectivity index (χ1) is 7.70. The third-order valence-electron chi connectivity index (χ3n) is 2.38. The largest absolute Gasteiger partial charge is 0.440 e. The lowest BCUT2D eigenvalue weighted by molar-refractivity contribution is -0.0118. The summed E-state index contributed by atoms with van der Waals surface area (Å²) < 4.78 is 10.4. The van der Waals surface area contributed by atoms with Gasteiger partial charge in [0.15, 0.2) is 11.0 Å². The maximum Gasteiger partial charge on any atom is 0.289 e. The molecule has 2 rings (SSSR count). The van der Waals surface area contributed by atoms with E-state index in [2.05, 4.69) is 0 Å². The fraction of sp³-hybridized carbons (Fsp3) is 0.500. The lowest BCUT2D eigenvalue weighted by atomic mass is 10.2. The Labute approximate surface area is 103 Å². The van der Waals surface area contributed by atoms with Crippen LogP contribution in [0.1, 0.15) is 10.6 Å². The monoisotopic (exact) mass is 263 g/mol. The molecule has 1 unspecified atom stereocenters. The number of carbonyl (C=O) groups excluding carboxylic acids is 1. The Morgan fingerprint density at radius 3 is 3.00 bits per heavy atom. The van der Waals surface area contributed by atoms with E-state index in [1.807, 2.05) is 0 Å². The van der Waals surface area contributed by atoms with Gasteiger partial charge in [0.05, 0.1) is 18.6 Å². The lowest BCUT2D eigenvalue weighted by Gasteiger charge is -2.31. The molecular weight excluding hydrogens is 253 g/mol. The van der Waals surface area contributed by atoms with Gasteiger partial charge in [0.2, 0.25) is 0 Å². The molecule has 0 aliphatic carbocycles. The molecule has 0 bridgehead atoms. The molecule has 0 aromatic carbocycles. The van der Waals surface area contributed by atoms with Gasteiger partial charge in [0.25, 0.3) is 5.91 Å². The summed E-state index contributed by atoms with van der Waals surface area (Å²) in [6.45, 7) is 1.53. The molecule has 0 N–H and O–H groups in total. The van der Waals surface area contributed by atoms with Crippen molar-refractivity contribution in [2.24, 2.45) is 0 Å². The number of halogens is 2. The summed E-state index contributed by atoms with van der Waals surface area (Å²) in [5, 5.41) is 0.213. The smallest absolute Gasteiger partial charge is 0.289 e. The van der Waals surface area contributed by atoms with E-state index in [1.165, 1.54) is 0 Å². The molecule has 0 radical (unpaired) electrons. The van der Waals surface area contributed by atoms with Gasteiger partial charge in [0.1, 0.15) is 0 Å². The van der Waals surface area contributed by atoms with Crippen LogP contribution in [0.4, 0.5) is 0 Å². The maximum absolute atomic E-state index is 11.9. The Hall–Kier alpha value is -0.710. The molecule has 16 heavy (non-hydrogen) atoms. The number of morpholine rings is 1. The van der Waals surface area contributed by atoms with Crippen LogP contribution in [-0.4, -0.2) is 42.5 Å². The van der Waals surface area contributed by atoms with E-state index in [-0.39, 0.29) is 23.0 Å². The van der Waals surface area contributed by atoms with E-state index in [1.54, 1.807) is 17.0 Å². The Balaban J connectivity index is 2.04. The van der Waals surface area contributed by atoms with Gasteiger partial charge in [-0.15, -0.1) is 11.6 Å². The summed E-state index contributed by atoms with van der Waals surface area (Å²) in [6.07, 6.45) is -0.107. The van der Waals surface area contributed by atoms with Crippen LogP contribution < -0.4 is 0 Å². The number of amides is 1. The summed E-state index contributed by atoms with van der Waals surface area (Å²) in [4.78, 5) is 13.6. The van der Waals surface area contributed by atoms with Crippen molar-refractivity contribution in [2.75, 3.05) is 25.6 Å². The first-order valence-corrected chi connectivity index (χ1v) is 5.84. The highest BCUT2D eigenvalue weighted by Gasteiger charge is 2.26. The van der Waals surface area contributed by atoms with Gasteiger partial charge < -0.3 is 14.1 Å². The van der Waals surface area contributed by atoms with E-state index in [9.17, 15) is 4.79 Å². The third kappa shape index (κ3) is 2.51. The normalized spacial score (nSPS) is 21.1. The van der Waals surface area contributed by atoms with E-state index >= 15 is 0 Å². The molecule has 1 saturated heterocycles. The SMILES string of the molecule is O=C(c1ccc(Cl)o1)N1CCOC(CCl)C1. The zero-order valence-corrected chi connectivity index (χ0v) is 10.0. The average molecular weight is 264 g/mol. The van der Waals surface area contributed by atoms with Crippen LogP contribution in [0, 0.1) is 0 Å². The molecule has 4 nitrogen and oxygen atoms in total. The molecule has 2 heterocycles. The lowest BCUT2D eigenvalue weighted by Crippen LogP contribution is -2.46. The van der Waals surface area contributed by atoms with Gasteiger partial charge in [0, 0.05) is 13.1 Å². The summed E-state index contributed by atoms with van der Waals surface area (Å²) in [6, 6.07) is 3.12. The van der Waals surface area contributed by atoms with E-state index in [0.717, 1.165) is 0 Å². The van der Waals surface area contributed by atoms with Crippen molar-refractivity contribution in [1.82, 2.24) is 4.90 Å². The second-order valence-electron chi connectivity index (χ2n) is 3.50. The van der Waals surface area contributed by atoms with Crippen molar-refractivity contribution < 1.29 is 13.9 Å². The predicted octanol–water partition coefficient (Wildman–Crippen LogP) is 2.01. The van der Waals surface area contributed by atoms with Crippen molar-refractivity contribution in [3.05, 3.63) is 23.1 Å². The molecule has 1 aromatic rings. The van der Waals surface area contributed by atoms with Crippen molar-refractivity contribution >= 4 is 29.1 Å². The Kier molecular flexibility index (Phi) is 3.74. The highest BCUT2D eigenvalue weighted by molar-refractivity contribution is 6.29. The number of furan rings is 1. The van der Waals surface area contributed by atoms with Crippen LogP contribution in [0.3, 0.4) is 0 Å². The van der Waals surface area contributed by atoms with Crippen molar-refractivity contribution in [2.45, 2.75) is 6.10 Å². The van der Waals surface area contributed by atoms with Crippen LogP contribution in [0.5, 0.6) is 0 Å². The minimum Gasteiger partial charge on any atom is -0.440 e. The molecule has 6 heteroatoms. The van der Waals surface area contributed by atoms with Crippen molar-refractivity contribution in [3.63, 3.8) is 0 Å². The van der Waals surface area contributed by atoms with Crippen molar-refractivity contribution in [3.8, 4) is 0 Å². The van der Waals surface area contributed by atoms with Crippen LogP contribution in [-0.2, 0) is 4.74 Å². The number of ether oxygens (including phenoxy) is 1. The minimum absolute atomic E-state index is 0.107. The average Bonchev–Trinajstić information content (AvgIpc) is 2.75. The van der Waals surface area contributed by atoms with E-state index in [4.69, 9.17) is 32.4 Å². The molecule has 1 aliphatic heterocycles. The second-order valence-corrected chi connectivity index (χ2v) is 4.18. The molecule has 1 fully saturated rings. The number of hydrogen-bond donors (Lipinski definition) is 0. The van der Waals surface area contributed by atoms with Crippen LogP contribution >= 0.6 is 23.2 Å². The molecule has 1 amide bonds. The van der Waals surface area contributed by atoms with Crippen LogP contribution in [0.15, 0.2) is 16.5 Å². The Morgan fingerprint density at radius 1 is 1.56 bits per heavy atom. The standard InChI is InChI=1S/C10H11Cl2NO3/c11-5-7-6-13(3-4-15-7)10(14)8-1-2-9(12)16-8/h1-2,7H,3-6H2. The highest BCUT2D eigenvalue weighted by atomic mass is 35.5. The number of nitrogens with zero attached hydrogens (tertiary/aromatic N) is 1. The van der Waals surface area contributed by atoms with Gasteiger partial charge in [-0.05, 0) is 23.7 Å². The molecule has 1 atom stereocenters. The summed E-state index contributed by atoms with van der Waals surface area (Å²) >= 11 is 11.3. The maximum atomic E-state index is 11.9. The minimum atomic E-state index is -0.176. The number of rotatable bonds is 2. The second kappa shape index (κ2) is 5.08. The van der Waals surface area contributed by atoms with Crippen LogP contribution in [0.2, 0.25) is 5.22 Å². The number of alkyl halides is 1. The summed E-state index contributed by atoms with van der Waals surface area (Å²) in [7, 11) is 0. The third-order valence-corrected chi connectivity index (χ3v) is 2.93. The topological polar surface area (TPSA) is 42.7 Å². The molecular formula is C10H11Cl2NO3. The fourth-order valence-corrected chi connectivity index (χ4v) is 1.92. The van der Waals surface area contributed by atoms with Crippen LogP contribution in [0.25, 0.3) is 0 Å². The first-order valence-electron chi connectivity index (χ1n) is 4.93. The van der Waals surface area contributed by atoms with E-state index in [0.29, 0.717) is 25.6 Å². The zero-order chi connectivity index (χ0) is 11.5. The first kappa shape index (κ1) is 11.8. The zero-order valence-electron chi connectivity index (χ0n) is 8.49. The summed E-state index contributed by atoms with van der Waals surface area (Å²) in [5.74, 6) is 0.452. The van der Waals surface area contributed by atoms with Gasteiger partial charge in [-0.2, -0.15) is 0 Å². The predicted molar refractivity (Wildman–Crippen MR) is 60.1 cm³/mol. The van der Waals surface area contributed by atoms with Crippen molar-refractivity contribution in [1.29, 1.82) is 0 Å². The Bertz CT molecular complexity index is 380. The van der Waals surface area contributed by atoms with Gasteiger partial charge >= 0.3 is 0 Å². The van der Waals surface area contributed by atoms with E-state index < -0.39 is 0 Å².